The third-order valence-electron chi connectivity index (χ3n) is 5.43. The highest BCUT2D eigenvalue weighted by Crippen LogP contribution is 2.35. The number of allylic oxidation sites excluding steroid dienone is 2. The van der Waals surface area contributed by atoms with E-state index in [9.17, 15) is 15.3 Å². The Morgan fingerprint density at radius 3 is 2.48 bits per heavy atom. The van der Waals surface area contributed by atoms with Gasteiger partial charge in [-0.25, -0.2) is 0 Å². The van der Waals surface area contributed by atoms with Crippen LogP contribution in [0.5, 0.6) is 0 Å². The smallest absolute Gasteiger partial charge is 0.0802 e. The zero-order valence-electron chi connectivity index (χ0n) is 15.5. The van der Waals surface area contributed by atoms with Crippen LogP contribution in [0.15, 0.2) is 23.8 Å². The van der Waals surface area contributed by atoms with Crippen LogP contribution in [0.25, 0.3) is 0 Å². The number of hydrogen-bond acceptors (Lipinski definition) is 3. The third kappa shape index (κ3) is 6.40. The topological polar surface area (TPSA) is 60.7 Å². The molecule has 0 aliphatic heterocycles. The molecule has 3 nitrogen and oxygen atoms in total. The van der Waals surface area contributed by atoms with Gasteiger partial charge in [-0.1, -0.05) is 44.6 Å². The van der Waals surface area contributed by atoms with Crippen molar-refractivity contribution in [3.63, 3.8) is 0 Å². The average molecular weight is 325 g/mol. The molecular formula is C20H36O3. The fourth-order valence-electron chi connectivity index (χ4n) is 3.16. The summed E-state index contributed by atoms with van der Waals surface area (Å²) >= 11 is 0. The Bertz CT molecular complexity index is 423. The summed E-state index contributed by atoms with van der Waals surface area (Å²) in [6, 6.07) is 0. The van der Waals surface area contributed by atoms with Gasteiger partial charge in [0.1, 0.15) is 0 Å². The van der Waals surface area contributed by atoms with Gasteiger partial charge < -0.3 is 15.3 Å². The lowest BCUT2D eigenvalue weighted by molar-refractivity contribution is -0.0141. The molecule has 1 aliphatic rings. The van der Waals surface area contributed by atoms with Gasteiger partial charge in [0.05, 0.1) is 18.3 Å². The molecule has 0 radical (unpaired) electrons. The molecule has 0 aromatic heterocycles. The quantitative estimate of drug-likeness (QED) is 0.676. The third-order valence-corrected chi connectivity index (χ3v) is 5.43. The highest BCUT2D eigenvalue weighted by molar-refractivity contribution is 5.07. The standard InChI is InChI=1S/C20H36O3/c1-15(2)17-8-11-19(4,14-21)18(22)13-16(3)7-6-10-20(5,23)12-9-17/h7,9,12,15,17-18,21-23H,6,8,10-11,13-14H2,1-5H3/b12-9+,16-7+/t17-,18+,19-,20-/m1/s1. The summed E-state index contributed by atoms with van der Waals surface area (Å²) in [7, 11) is 0. The largest absolute Gasteiger partial charge is 0.396 e. The van der Waals surface area contributed by atoms with Crippen LogP contribution in [0.4, 0.5) is 0 Å². The predicted molar refractivity (Wildman–Crippen MR) is 96.1 cm³/mol. The molecule has 4 atom stereocenters. The molecular weight excluding hydrogens is 288 g/mol. The molecule has 0 aromatic rings. The average Bonchev–Trinajstić information content (AvgIpc) is 2.45. The van der Waals surface area contributed by atoms with E-state index in [4.69, 9.17) is 0 Å². The van der Waals surface area contributed by atoms with Gasteiger partial charge in [-0.2, -0.15) is 0 Å². The van der Waals surface area contributed by atoms with Crippen molar-refractivity contribution in [2.75, 3.05) is 6.61 Å². The summed E-state index contributed by atoms with van der Waals surface area (Å²) in [4.78, 5) is 0. The minimum Gasteiger partial charge on any atom is -0.396 e. The first-order chi connectivity index (χ1) is 10.6. The van der Waals surface area contributed by atoms with Crippen molar-refractivity contribution < 1.29 is 15.3 Å². The molecule has 0 saturated carbocycles. The van der Waals surface area contributed by atoms with Gasteiger partial charge in [0.25, 0.3) is 0 Å². The molecule has 23 heavy (non-hydrogen) atoms. The lowest BCUT2D eigenvalue weighted by atomic mass is 9.75. The molecule has 0 fully saturated rings. The molecule has 0 aromatic carbocycles. The van der Waals surface area contributed by atoms with Crippen molar-refractivity contribution in [2.45, 2.75) is 78.4 Å². The summed E-state index contributed by atoms with van der Waals surface area (Å²) in [6.07, 6.45) is 9.35. The van der Waals surface area contributed by atoms with Gasteiger partial charge in [-0.3, -0.25) is 0 Å². The predicted octanol–water partition coefficient (Wildman–Crippen LogP) is 3.84. The molecule has 1 aliphatic carbocycles. The summed E-state index contributed by atoms with van der Waals surface area (Å²) in [5, 5.41) is 31.0. The summed E-state index contributed by atoms with van der Waals surface area (Å²) < 4.78 is 0. The molecule has 0 spiro atoms. The van der Waals surface area contributed by atoms with E-state index in [-0.39, 0.29) is 6.61 Å². The Morgan fingerprint density at radius 2 is 1.91 bits per heavy atom. The van der Waals surface area contributed by atoms with Crippen LogP contribution < -0.4 is 0 Å². The Balaban J connectivity index is 3.06. The van der Waals surface area contributed by atoms with Crippen molar-refractivity contribution in [3.05, 3.63) is 23.8 Å². The second kappa shape index (κ2) is 8.46. The van der Waals surface area contributed by atoms with E-state index in [1.807, 2.05) is 26.8 Å². The first-order valence-corrected chi connectivity index (χ1v) is 8.96. The van der Waals surface area contributed by atoms with Crippen LogP contribution in [-0.4, -0.2) is 33.6 Å². The van der Waals surface area contributed by atoms with Gasteiger partial charge in [0.2, 0.25) is 0 Å². The monoisotopic (exact) mass is 324 g/mol. The van der Waals surface area contributed by atoms with E-state index < -0.39 is 17.1 Å². The van der Waals surface area contributed by atoms with E-state index in [0.717, 1.165) is 24.8 Å². The van der Waals surface area contributed by atoms with Crippen molar-refractivity contribution in [1.82, 2.24) is 0 Å². The fourth-order valence-corrected chi connectivity index (χ4v) is 3.16. The van der Waals surface area contributed by atoms with Crippen LogP contribution in [0.2, 0.25) is 0 Å². The molecule has 0 heterocycles. The Kier molecular flexibility index (Phi) is 7.50. The Morgan fingerprint density at radius 1 is 1.26 bits per heavy atom. The minimum absolute atomic E-state index is 0.00626. The maximum atomic E-state index is 10.6. The first-order valence-electron chi connectivity index (χ1n) is 8.96. The zero-order valence-corrected chi connectivity index (χ0v) is 15.5. The van der Waals surface area contributed by atoms with Gasteiger partial charge in [0.15, 0.2) is 0 Å². The van der Waals surface area contributed by atoms with Gasteiger partial charge in [-0.05, 0) is 57.8 Å². The first kappa shape index (κ1) is 20.4. The van der Waals surface area contributed by atoms with E-state index in [0.29, 0.717) is 24.7 Å². The van der Waals surface area contributed by atoms with Gasteiger partial charge >= 0.3 is 0 Å². The fraction of sp³-hybridized carbons (Fsp3) is 0.800. The van der Waals surface area contributed by atoms with E-state index in [1.165, 1.54) is 0 Å². The van der Waals surface area contributed by atoms with E-state index >= 15 is 0 Å². The van der Waals surface area contributed by atoms with Crippen molar-refractivity contribution >= 4 is 0 Å². The van der Waals surface area contributed by atoms with Crippen molar-refractivity contribution in [2.24, 2.45) is 17.3 Å². The van der Waals surface area contributed by atoms with Gasteiger partial charge in [0, 0.05) is 5.41 Å². The lowest BCUT2D eigenvalue weighted by Crippen LogP contribution is -2.36. The normalized spacial score (nSPS) is 41.3. The molecule has 0 saturated heterocycles. The Labute approximate surface area is 142 Å². The maximum absolute atomic E-state index is 10.6. The molecule has 3 heteroatoms. The second-order valence-corrected chi connectivity index (χ2v) is 8.28. The second-order valence-electron chi connectivity index (χ2n) is 8.28. The van der Waals surface area contributed by atoms with Crippen LogP contribution in [0.3, 0.4) is 0 Å². The number of aliphatic hydroxyl groups is 3. The van der Waals surface area contributed by atoms with Crippen LogP contribution in [-0.2, 0) is 0 Å². The number of hydrogen-bond donors (Lipinski definition) is 3. The minimum atomic E-state index is -0.795. The highest BCUT2D eigenvalue weighted by Gasteiger charge is 2.33. The van der Waals surface area contributed by atoms with Crippen LogP contribution in [0, 0.1) is 17.3 Å². The SMILES string of the molecule is C/C1=C\CC[C@@](C)(O)/C=C/[C@H](C(C)C)CC[C@](C)(CO)[C@@H](O)C1. The zero-order chi connectivity index (χ0) is 17.7. The van der Waals surface area contributed by atoms with Gasteiger partial charge in [-0.15, -0.1) is 0 Å². The summed E-state index contributed by atoms with van der Waals surface area (Å²) in [6.45, 7) is 10.2. The highest BCUT2D eigenvalue weighted by atomic mass is 16.3. The molecule has 1 rings (SSSR count). The summed E-state index contributed by atoms with van der Waals surface area (Å²) in [5.74, 6) is 0.807. The molecule has 134 valence electrons. The van der Waals surface area contributed by atoms with Crippen LogP contribution in [0.1, 0.15) is 66.7 Å². The van der Waals surface area contributed by atoms with E-state index in [2.05, 4.69) is 26.0 Å². The van der Waals surface area contributed by atoms with Crippen molar-refractivity contribution in [3.8, 4) is 0 Å². The van der Waals surface area contributed by atoms with Crippen molar-refractivity contribution in [1.29, 1.82) is 0 Å². The number of aliphatic hydroxyl groups excluding tert-OH is 2. The summed E-state index contributed by atoms with van der Waals surface area (Å²) in [5.41, 5.74) is -0.152. The van der Waals surface area contributed by atoms with Crippen LogP contribution >= 0.6 is 0 Å². The lowest BCUT2D eigenvalue weighted by Gasteiger charge is -2.34. The molecule has 3 N–H and O–H groups in total. The molecule has 0 unspecified atom stereocenters. The maximum Gasteiger partial charge on any atom is 0.0802 e. The number of rotatable bonds is 2. The molecule has 0 amide bonds. The molecule has 0 bridgehead atoms. The Hall–Kier alpha value is -0.640. The van der Waals surface area contributed by atoms with E-state index in [1.54, 1.807) is 0 Å².